The van der Waals surface area contributed by atoms with Gasteiger partial charge in [0.15, 0.2) is 11.6 Å². The van der Waals surface area contributed by atoms with Gasteiger partial charge in [0.25, 0.3) is 10.0 Å². The Balaban J connectivity index is 2.11. The Morgan fingerprint density at radius 3 is 2.19 bits per heavy atom. The Bertz CT molecular complexity index is 1090. The van der Waals surface area contributed by atoms with Crippen molar-refractivity contribution in [3.05, 3.63) is 89.5 Å². The number of sulfonamides is 1. The van der Waals surface area contributed by atoms with Gasteiger partial charge in [0.1, 0.15) is 0 Å². The second-order valence-corrected chi connectivity index (χ2v) is 7.73. The van der Waals surface area contributed by atoms with Gasteiger partial charge in [-0.15, -0.1) is 4.40 Å². The van der Waals surface area contributed by atoms with E-state index in [2.05, 4.69) is 9.39 Å². The Labute approximate surface area is 158 Å². The monoisotopic (exact) mass is 378 g/mol. The lowest BCUT2D eigenvalue weighted by Gasteiger charge is -2.07. The number of aliphatic imine (C=N–C) groups is 1. The number of amidine groups is 1. The van der Waals surface area contributed by atoms with Crippen LogP contribution in [0.15, 0.2) is 92.7 Å². The molecule has 5 nitrogen and oxygen atoms in total. The summed E-state index contributed by atoms with van der Waals surface area (Å²) < 4.78 is 29.5. The summed E-state index contributed by atoms with van der Waals surface area (Å²) in [5.74, 6) is -0.0337. The van der Waals surface area contributed by atoms with Crippen molar-refractivity contribution >= 4 is 27.4 Å². The third-order valence-electron chi connectivity index (χ3n) is 3.95. The number of carbonyl (C=O) groups is 1. The van der Waals surface area contributed by atoms with E-state index < -0.39 is 10.0 Å². The maximum Gasteiger partial charge on any atom is 0.284 e. The van der Waals surface area contributed by atoms with Crippen molar-refractivity contribution in [2.24, 2.45) is 9.39 Å². The van der Waals surface area contributed by atoms with Gasteiger partial charge in [0.2, 0.25) is 0 Å². The summed E-state index contributed by atoms with van der Waals surface area (Å²) >= 11 is 0. The lowest BCUT2D eigenvalue weighted by molar-refractivity contribution is -0.111. The summed E-state index contributed by atoms with van der Waals surface area (Å²) in [6, 6.07) is 15.3. The molecule has 6 heteroatoms. The molecule has 136 valence electrons. The van der Waals surface area contributed by atoms with Crippen LogP contribution in [0.4, 0.5) is 0 Å². The van der Waals surface area contributed by atoms with Gasteiger partial charge < -0.3 is 0 Å². The molecule has 0 saturated carbocycles. The molecule has 0 aromatic heterocycles. The number of nitrogens with zero attached hydrogens (tertiary/aromatic N) is 2. The fraction of sp³-hybridized carbons (Fsp3) is 0.0952. The van der Waals surface area contributed by atoms with Gasteiger partial charge in [-0.3, -0.25) is 4.79 Å². The number of allylic oxidation sites excluding steroid dienone is 4. The molecule has 0 spiro atoms. The first-order valence-corrected chi connectivity index (χ1v) is 9.76. The molecule has 0 fully saturated rings. The number of carbonyl (C=O) groups excluding carboxylic acids is 1. The van der Waals surface area contributed by atoms with Crippen LogP contribution < -0.4 is 0 Å². The average Bonchev–Trinajstić information content (AvgIpc) is 2.65. The summed E-state index contributed by atoms with van der Waals surface area (Å²) in [4.78, 5) is 16.1. The summed E-state index contributed by atoms with van der Waals surface area (Å²) in [6.07, 6.45) is 4.57. The van der Waals surface area contributed by atoms with Crippen molar-refractivity contribution in [2.45, 2.75) is 18.7 Å². The molecule has 0 atom stereocenters. The molecule has 1 aliphatic rings. The number of rotatable bonds is 3. The van der Waals surface area contributed by atoms with Gasteiger partial charge in [0.05, 0.1) is 10.6 Å². The molecule has 0 aliphatic heterocycles. The quantitative estimate of drug-likeness (QED) is 0.465. The van der Waals surface area contributed by atoms with E-state index >= 15 is 0 Å². The predicted molar refractivity (Wildman–Crippen MR) is 107 cm³/mol. The topological polar surface area (TPSA) is 75.9 Å². The van der Waals surface area contributed by atoms with Crippen LogP contribution in [0, 0.1) is 6.92 Å². The van der Waals surface area contributed by atoms with Crippen molar-refractivity contribution < 1.29 is 13.2 Å². The predicted octanol–water partition coefficient (Wildman–Crippen LogP) is 3.66. The molecule has 0 radical (unpaired) electrons. The van der Waals surface area contributed by atoms with E-state index in [4.69, 9.17) is 0 Å². The Kier molecular flexibility index (Phi) is 5.28. The van der Waals surface area contributed by atoms with Gasteiger partial charge in [-0.05, 0) is 49.8 Å². The third kappa shape index (κ3) is 4.54. The van der Waals surface area contributed by atoms with E-state index in [0.717, 1.165) is 5.56 Å². The van der Waals surface area contributed by atoms with Crippen LogP contribution in [-0.4, -0.2) is 25.7 Å². The second-order valence-electron chi connectivity index (χ2n) is 6.13. The minimum absolute atomic E-state index is 0.0641. The summed E-state index contributed by atoms with van der Waals surface area (Å²) in [6.45, 7) is 3.57. The first-order chi connectivity index (χ1) is 12.8. The van der Waals surface area contributed by atoms with E-state index in [1.165, 1.54) is 18.2 Å². The molecule has 1 aliphatic carbocycles. The normalized spacial score (nSPS) is 16.5. The SMILES string of the molecule is CC1=CC(=N/C(=N/S(=O)(=O)c2ccc(C)cc2)c2ccccc2)C=CC1=O. The maximum absolute atomic E-state index is 12.7. The van der Waals surface area contributed by atoms with Crippen LogP contribution in [0.3, 0.4) is 0 Å². The summed E-state index contributed by atoms with van der Waals surface area (Å²) in [7, 11) is -3.93. The zero-order valence-corrected chi connectivity index (χ0v) is 15.8. The number of hydrogen-bond donors (Lipinski definition) is 0. The highest BCUT2D eigenvalue weighted by Crippen LogP contribution is 2.16. The lowest BCUT2D eigenvalue weighted by atomic mass is 10.1. The van der Waals surface area contributed by atoms with Gasteiger partial charge in [0, 0.05) is 5.56 Å². The molecule has 0 saturated heterocycles. The van der Waals surface area contributed by atoms with Gasteiger partial charge in [-0.1, -0.05) is 48.0 Å². The Morgan fingerprint density at radius 1 is 0.889 bits per heavy atom. The van der Waals surface area contributed by atoms with E-state index in [0.29, 0.717) is 16.8 Å². The van der Waals surface area contributed by atoms with Crippen LogP contribution in [-0.2, 0) is 14.8 Å². The summed E-state index contributed by atoms with van der Waals surface area (Å²) in [5, 5.41) is 0. The van der Waals surface area contributed by atoms with Crippen LogP contribution in [0.5, 0.6) is 0 Å². The minimum Gasteiger partial charge on any atom is -0.290 e. The Hall–Kier alpha value is -3.12. The van der Waals surface area contributed by atoms with Gasteiger partial charge in [-0.25, -0.2) is 4.99 Å². The van der Waals surface area contributed by atoms with E-state index in [-0.39, 0.29) is 16.5 Å². The minimum atomic E-state index is -3.93. The number of aryl methyl sites for hydroxylation is 1. The van der Waals surface area contributed by atoms with Gasteiger partial charge >= 0.3 is 0 Å². The third-order valence-corrected chi connectivity index (χ3v) is 5.23. The standard InChI is InChI=1S/C21H18N2O3S/c1-15-8-11-19(12-9-15)27(25,26)23-21(17-6-4-3-5-7-17)22-18-10-13-20(24)16(2)14-18/h3-14H,1-2H3/b22-18?,23-21+. The van der Waals surface area contributed by atoms with Crippen LogP contribution in [0.2, 0.25) is 0 Å². The smallest absolute Gasteiger partial charge is 0.284 e. The van der Waals surface area contributed by atoms with Crippen molar-refractivity contribution in [1.29, 1.82) is 0 Å². The molecule has 0 N–H and O–H groups in total. The second kappa shape index (κ2) is 7.63. The first-order valence-electron chi connectivity index (χ1n) is 8.32. The van der Waals surface area contributed by atoms with Crippen LogP contribution in [0.25, 0.3) is 0 Å². The molecular weight excluding hydrogens is 360 g/mol. The number of benzene rings is 2. The van der Waals surface area contributed by atoms with Crippen molar-refractivity contribution in [2.75, 3.05) is 0 Å². The van der Waals surface area contributed by atoms with Crippen molar-refractivity contribution in [3.8, 4) is 0 Å². The maximum atomic E-state index is 12.7. The first kappa shape index (κ1) is 18.7. The van der Waals surface area contributed by atoms with Crippen LogP contribution >= 0.6 is 0 Å². The lowest BCUT2D eigenvalue weighted by Crippen LogP contribution is -2.10. The number of ketones is 1. The molecule has 0 heterocycles. The molecular formula is C21H18N2O3S. The summed E-state index contributed by atoms with van der Waals surface area (Å²) in [5.41, 5.74) is 2.52. The van der Waals surface area contributed by atoms with E-state index in [1.807, 2.05) is 13.0 Å². The zero-order chi connectivity index (χ0) is 19.4. The fourth-order valence-corrected chi connectivity index (χ4v) is 3.39. The fourth-order valence-electron chi connectivity index (χ4n) is 2.43. The molecule has 3 rings (SSSR count). The molecule has 27 heavy (non-hydrogen) atoms. The Morgan fingerprint density at radius 2 is 1.56 bits per heavy atom. The molecule has 2 aromatic carbocycles. The average molecular weight is 378 g/mol. The van der Waals surface area contributed by atoms with E-state index in [1.54, 1.807) is 55.5 Å². The van der Waals surface area contributed by atoms with Crippen molar-refractivity contribution in [1.82, 2.24) is 0 Å². The highest BCUT2D eigenvalue weighted by atomic mass is 32.2. The highest BCUT2D eigenvalue weighted by Gasteiger charge is 2.16. The van der Waals surface area contributed by atoms with Crippen LogP contribution in [0.1, 0.15) is 18.1 Å². The van der Waals surface area contributed by atoms with Gasteiger partial charge in [-0.2, -0.15) is 8.42 Å². The molecule has 0 amide bonds. The highest BCUT2D eigenvalue weighted by molar-refractivity contribution is 7.90. The molecule has 0 bridgehead atoms. The number of hydrogen-bond acceptors (Lipinski definition) is 3. The van der Waals surface area contributed by atoms with E-state index in [9.17, 15) is 13.2 Å². The molecule has 0 unspecified atom stereocenters. The van der Waals surface area contributed by atoms with Crippen molar-refractivity contribution in [3.63, 3.8) is 0 Å². The largest absolute Gasteiger partial charge is 0.290 e. The molecule has 2 aromatic rings. The zero-order valence-electron chi connectivity index (χ0n) is 15.0.